The highest BCUT2D eigenvalue weighted by atomic mass is 35.5. The number of halogens is 1. The third kappa shape index (κ3) is 5.35. The van der Waals surface area contributed by atoms with Crippen LogP contribution in [0.25, 0.3) is 11.4 Å². The molecule has 0 spiro atoms. The van der Waals surface area contributed by atoms with Crippen molar-refractivity contribution in [1.29, 1.82) is 0 Å². The molecule has 3 rings (SSSR count). The number of nitrogens with two attached hydrogens (primary N) is 1. The fraction of sp³-hybridized carbons (Fsp3) is 0.444. The Morgan fingerprint density at radius 1 is 1.46 bits per heavy atom. The summed E-state index contributed by atoms with van der Waals surface area (Å²) in [7, 11) is 0. The maximum atomic E-state index is 11.7. The summed E-state index contributed by atoms with van der Waals surface area (Å²) in [6, 6.07) is 7.36. The van der Waals surface area contributed by atoms with Crippen LogP contribution < -0.4 is 11.1 Å². The molecule has 1 saturated heterocycles. The molecule has 0 saturated carbocycles. The average molecular weight is 407 g/mol. The van der Waals surface area contributed by atoms with Crippen LogP contribution in [0.3, 0.4) is 0 Å². The number of amides is 1. The third-order valence-corrected chi connectivity index (χ3v) is 4.54. The van der Waals surface area contributed by atoms with Gasteiger partial charge in [0.15, 0.2) is 5.96 Å². The summed E-state index contributed by atoms with van der Waals surface area (Å²) in [6.45, 7) is 3.59. The lowest BCUT2D eigenvalue weighted by molar-refractivity contribution is 0.0963. The van der Waals surface area contributed by atoms with Crippen molar-refractivity contribution < 1.29 is 14.1 Å². The van der Waals surface area contributed by atoms with E-state index in [0.717, 1.165) is 18.4 Å². The molecule has 3 N–H and O–H groups in total. The van der Waals surface area contributed by atoms with Gasteiger partial charge in [-0.05, 0) is 31.9 Å². The zero-order valence-corrected chi connectivity index (χ0v) is 16.4. The van der Waals surface area contributed by atoms with Crippen LogP contribution in [0.15, 0.2) is 33.8 Å². The Balaban J connectivity index is 1.48. The maximum absolute atomic E-state index is 11.7. The maximum Gasteiger partial charge on any atom is 0.409 e. The van der Waals surface area contributed by atoms with Crippen LogP contribution in [-0.2, 0) is 11.3 Å². The highest BCUT2D eigenvalue weighted by Crippen LogP contribution is 2.20. The van der Waals surface area contributed by atoms with E-state index >= 15 is 0 Å². The molecule has 0 atom stereocenters. The quantitative estimate of drug-likeness (QED) is 0.578. The third-order valence-electron chi connectivity index (χ3n) is 4.31. The molecular weight excluding hydrogens is 384 g/mol. The van der Waals surface area contributed by atoms with Crippen molar-refractivity contribution in [3.63, 3.8) is 0 Å². The van der Waals surface area contributed by atoms with Gasteiger partial charge in [-0.15, -0.1) is 0 Å². The first-order chi connectivity index (χ1) is 13.5. The number of guanidine groups is 1. The van der Waals surface area contributed by atoms with Crippen LogP contribution in [0, 0.1) is 0 Å². The smallest absolute Gasteiger partial charge is 0.409 e. The van der Waals surface area contributed by atoms with Gasteiger partial charge in [0.25, 0.3) is 0 Å². The predicted octanol–water partition coefficient (Wildman–Crippen LogP) is 2.42. The van der Waals surface area contributed by atoms with Gasteiger partial charge in [0.05, 0.1) is 6.61 Å². The second-order valence-corrected chi connectivity index (χ2v) is 6.76. The van der Waals surface area contributed by atoms with E-state index in [1.807, 2.05) is 12.1 Å². The summed E-state index contributed by atoms with van der Waals surface area (Å²) in [5.41, 5.74) is 6.73. The number of piperidine rings is 1. The zero-order chi connectivity index (χ0) is 19.9. The molecule has 9 nitrogen and oxygen atoms in total. The van der Waals surface area contributed by atoms with Crippen LogP contribution in [0.5, 0.6) is 0 Å². The molecule has 1 amide bonds. The monoisotopic (exact) mass is 406 g/mol. The summed E-state index contributed by atoms with van der Waals surface area (Å²) in [5.74, 6) is 1.11. The molecular formula is C18H23ClN6O3. The SMILES string of the molecule is CCOC(=O)N1CCC(NC(N)=NCc2nc(-c3cccc(Cl)c3)no2)CC1. The molecule has 1 aliphatic heterocycles. The zero-order valence-electron chi connectivity index (χ0n) is 15.6. The number of nitrogens with one attached hydrogen (secondary N) is 1. The highest BCUT2D eigenvalue weighted by Gasteiger charge is 2.23. The molecule has 1 aliphatic rings. The first-order valence-electron chi connectivity index (χ1n) is 9.12. The van der Waals surface area contributed by atoms with E-state index in [-0.39, 0.29) is 18.7 Å². The molecule has 0 radical (unpaired) electrons. The summed E-state index contributed by atoms with van der Waals surface area (Å²) in [4.78, 5) is 22.0. The van der Waals surface area contributed by atoms with E-state index in [9.17, 15) is 4.79 Å². The number of carbonyl (C=O) groups excluding carboxylic acids is 1. The fourth-order valence-corrected chi connectivity index (χ4v) is 3.08. The van der Waals surface area contributed by atoms with Gasteiger partial charge in [0.1, 0.15) is 6.54 Å². The van der Waals surface area contributed by atoms with Crippen LogP contribution in [0.1, 0.15) is 25.7 Å². The minimum absolute atomic E-state index is 0.152. The number of benzene rings is 1. The van der Waals surface area contributed by atoms with E-state index in [1.54, 1.807) is 24.0 Å². The standard InChI is InChI=1S/C18H23ClN6O3/c1-2-27-18(26)25-8-6-14(7-9-25)22-17(20)21-11-15-23-16(24-28-15)12-4-3-5-13(19)10-12/h3-5,10,14H,2,6-9,11H2,1H3,(H3,20,21,22). The molecule has 150 valence electrons. The highest BCUT2D eigenvalue weighted by molar-refractivity contribution is 6.30. The van der Waals surface area contributed by atoms with Crippen molar-refractivity contribution in [2.45, 2.75) is 32.4 Å². The van der Waals surface area contributed by atoms with Gasteiger partial charge in [-0.1, -0.05) is 28.9 Å². The van der Waals surface area contributed by atoms with Crippen molar-refractivity contribution in [2.75, 3.05) is 19.7 Å². The van der Waals surface area contributed by atoms with Crippen molar-refractivity contribution in [3.05, 3.63) is 35.2 Å². The Bertz CT molecular complexity index is 832. The summed E-state index contributed by atoms with van der Waals surface area (Å²) < 4.78 is 10.2. The molecule has 0 unspecified atom stereocenters. The molecule has 1 aromatic carbocycles. The Morgan fingerprint density at radius 3 is 2.96 bits per heavy atom. The van der Waals surface area contributed by atoms with Crippen molar-refractivity contribution >= 4 is 23.7 Å². The Labute approximate surface area is 167 Å². The molecule has 28 heavy (non-hydrogen) atoms. The number of hydrogen-bond acceptors (Lipinski definition) is 6. The first-order valence-corrected chi connectivity index (χ1v) is 9.49. The van der Waals surface area contributed by atoms with Gasteiger partial charge in [-0.2, -0.15) is 4.98 Å². The Hall–Kier alpha value is -2.81. The predicted molar refractivity (Wildman–Crippen MR) is 105 cm³/mol. The van der Waals surface area contributed by atoms with Gasteiger partial charge in [0, 0.05) is 29.7 Å². The molecule has 1 fully saturated rings. The second kappa shape index (κ2) is 9.41. The molecule has 10 heteroatoms. The van der Waals surface area contributed by atoms with E-state index in [4.69, 9.17) is 26.6 Å². The van der Waals surface area contributed by atoms with E-state index in [2.05, 4.69) is 20.4 Å². The first kappa shape index (κ1) is 19.9. The van der Waals surface area contributed by atoms with Crippen molar-refractivity contribution in [2.24, 2.45) is 10.7 Å². The topological polar surface area (TPSA) is 119 Å². The number of rotatable bonds is 5. The summed E-state index contributed by atoms with van der Waals surface area (Å²) in [6.07, 6.45) is 1.28. The molecule has 2 heterocycles. The fourth-order valence-electron chi connectivity index (χ4n) is 2.89. The van der Waals surface area contributed by atoms with Crippen LogP contribution in [-0.4, -0.2) is 52.8 Å². The number of hydrogen-bond donors (Lipinski definition) is 2. The lowest BCUT2D eigenvalue weighted by Crippen LogP contribution is -2.48. The van der Waals surface area contributed by atoms with Gasteiger partial charge in [0.2, 0.25) is 11.7 Å². The van der Waals surface area contributed by atoms with E-state index < -0.39 is 0 Å². The average Bonchev–Trinajstić information content (AvgIpc) is 3.16. The molecule has 0 aliphatic carbocycles. The minimum Gasteiger partial charge on any atom is -0.450 e. The number of carbonyl (C=O) groups is 1. The van der Waals surface area contributed by atoms with Gasteiger partial charge in [-0.3, -0.25) is 0 Å². The van der Waals surface area contributed by atoms with Gasteiger partial charge in [-0.25, -0.2) is 9.79 Å². The second-order valence-electron chi connectivity index (χ2n) is 6.33. The van der Waals surface area contributed by atoms with Crippen LogP contribution in [0.2, 0.25) is 5.02 Å². The van der Waals surface area contributed by atoms with Crippen molar-refractivity contribution in [1.82, 2.24) is 20.4 Å². The Morgan fingerprint density at radius 2 is 2.25 bits per heavy atom. The molecule has 1 aromatic heterocycles. The van der Waals surface area contributed by atoms with Gasteiger partial charge >= 0.3 is 6.09 Å². The minimum atomic E-state index is -0.269. The molecule has 0 bridgehead atoms. The van der Waals surface area contributed by atoms with E-state index in [0.29, 0.717) is 42.4 Å². The number of aromatic nitrogens is 2. The number of likely N-dealkylation sites (tertiary alicyclic amines) is 1. The lowest BCUT2D eigenvalue weighted by atomic mass is 10.1. The van der Waals surface area contributed by atoms with E-state index in [1.165, 1.54) is 0 Å². The number of aliphatic imine (C=N–C) groups is 1. The normalized spacial score (nSPS) is 15.5. The van der Waals surface area contributed by atoms with Crippen LogP contribution >= 0.6 is 11.6 Å². The Kier molecular flexibility index (Phi) is 6.70. The van der Waals surface area contributed by atoms with Crippen LogP contribution in [0.4, 0.5) is 4.79 Å². The number of nitrogens with zero attached hydrogens (tertiary/aromatic N) is 4. The lowest BCUT2D eigenvalue weighted by Gasteiger charge is -2.31. The molecule has 2 aromatic rings. The summed E-state index contributed by atoms with van der Waals surface area (Å²) >= 11 is 5.98. The summed E-state index contributed by atoms with van der Waals surface area (Å²) in [5, 5.41) is 7.71. The number of ether oxygens (including phenoxy) is 1. The largest absolute Gasteiger partial charge is 0.450 e. The van der Waals surface area contributed by atoms with Crippen molar-refractivity contribution in [3.8, 4) is 11.4 Å². The van der Waals surface area contributed by atoms with Gasteiger partial charge < -0.3 is 25.2 Å².